The molecular formula is C12H21F3N2O3S. The Morgan fingerprint density at radius 2 is 2.05 bits per heavy atom. The Morgan fingerprint density at radius 3 is 2.52 bits per heavy atom. The van der Waals surface area contributed by atoms with Crippen LogP contribution in [0.1, 0.15) is 26.2 Å². The fourth-order valence-electron chi connectivity index (χ4n) is 2.27. The average Bonchev–Trinajstić information content (AvgIpc) is 2.68. The Hall–Kier alpha value is -0.830. The van der Waals surface area contributed by atoms with Crippen molar-refractivity contribution in [3.8, 4) is 0 Å². The van der Waals surface area contributed by atoms with E-state index < -0.39 is 41.1 Å². The second kappa shape index (κ2) is 7.44. The number of nitrogens with zero attached hydrogens (tertiary/aromatic N) is 1. The number of hydrogen-bond donors (Lipinski definition) is 1. The summed E-state index contributed by atoms with van der Waals surface area (Å²) in [7, 11) is -3.14. The molecule has 0 aliphatic carbocycles. The van der Waals surface area contributed by atoms with Gasteiger partial charge in [-0.15, -0.1) is 0 Å². The van der Waals surface area contributed by atoms with Gasteiger partial charge in [0.2, 0.25) is 5.91 Å². The number of unbranched alkanes of at least 4 members (excludes halogenated alkanes) is 1. The van der Waals surface area contributed by atoms with Crippen LogP contribution in [0.5, 0.6) is 0 Å². The molecule has 1 aliphatic rings. The highest BCUT2D eigenvalue weighted by molar-refractivity contribution is 7.91. The molecular weight excluding hydrogens is 309 g/mol. The molecule has 1 N–H and O–H groups in total. The van der Waals surface area contributed by atoms with Crippen molar-refractivity contribution in [3.05, 3.63) is 0 Å². The zero-order valence-electron chi connectivity index (χ0n) is 11.9. The molecule has 0 saturated carbocycles. The maximum Gasteiger partial charge on any atom is 0.401 e. The van der Waals surface area contributed by atoms with Crippen LogP contribution in [0.3, 0.4) is 0 Å². The number of carbonyl (C=O) groups excluding carboxylic acids is 1. The standard InChI is InChI=1S/C12H21F3N2O3S/c1-2-3-5-17(10-4-6-21(19,20)8-10)11(18)7-16-9-12(13,14)15/h10,16H,2-9H2,1H3. The summed E-state index contributed by atoms with van der Waals surface area (Å²) >= 11 is 0. The summed E-state index contributed by atoms with van der Waals surface area (Å²) in [5.74, 6) is -0.541. The predicted octanol–water partition coefficient (Wildman–Crippen LogP) is 0.954. The van der Waals surface area contributed by atoms with E-state index in [4.69, 9.17) is 0 Å². The van der Waals surface area contributed by atoms with Gasteiger partial charge in [-0.3, -0.25) is 4.79 Å². The Bertz CT molecular complexity index is 451. The number of rotatable bonds is 7. The summed E-state index contributed by atoms with van der Waals surface area (Å²) < 4.78 is 59.1. The van der Waals surface area contributed by atoms with Crippen LogP contribution < -0.4 is 5.32 Å². The highest BCUT2D eigenvalue weighted by Crippen LogP contribution is 2.18. The van der Waals surface area contributed by atoms with Gasteiger partial charge in [-0.05, 0) is 12.8 Å². The van der Waals surface area contributed by atoms with E-state index in [1.54, 1.807) is 0 Å². The fourth-order valence-corrected chi connectivity index (χ4v) is 4.00. The predicted molar refractivity (Wildman–Crippen MR) is 72.6 cm³/mol. The lowest BCUT2D eigenvalue weighted by atomic mass is 10.2. The number of hydrogen-bond acceptors (Lipinski definition) is 4. The van der Waals surface area contributed by atoms with Crippen LogP contribution >= 0.6 is 0 Å². The quantitative estimate of drug-likeness (QED) is 0.755. The van der Waals surface area contributed by atoms with Gasteiger partial charge in [-0.25, -0.2) is 8.42 Å². The lowest BCUT2D eigenvalue weighted by Gasteiger charge is -2.28. The van der Waals surface area contributed by atoms with E-state index in [1.807, 2.05) is 6.92 Å². The topological polar surface area (TPSA) is 66.5 Å². The van der Waals surface area contributed by atoms with Crippen molar-refractivity contribution in [2.24, 2.45) is 0 Å². The molecule has 0 aromatic rings. The molecule has 1 rings (SSSR count). The Labute approximate surface area is 122 Å². The molecule has 5 nitrogen and oxygen atoms in total. The summed E-state index contributed by atoms with van der Waals surface area (Å²) in [6.45, 7) is 0.641. The third-order valence-electron chi connectivity index (χ3n) is 3.32. The summed E-state index contributed by atoms with van der Waals surface area (Å²) in [6, 6.07) is -0.415. The van der Waals surface area contributed by atoms with Gasteiger partial charge in [0.05, 0.1) is 24.6 Å². The molecule has 1 aliphatic heterocycles. The van der Waals surface area contributed by atoms with Gasteiger partial charge in [0, 0.05) is 12.6 Å². The fraction of sp³-hybridized carbons (Fsp3) is 0.917. The lowest BCUT2D eigenvalue weighted by Crippen LogP contribution is -2.46. The van der Waals surface area contributed by atoms with Crippen molar-refractivity contribution >= 4 is 15.7 Å². The van der Waals surface area contributed by atoms with Gasteiger partial charge in [0.25, 0.3) is 0 Å². The molecule has 21 heavy (non-hydrogen) atoms. The molecule has 1 amide bonds. The zero-order valence-corrected chi connectivity index (χ0v) is 12.8. The van der Waals surface area contributed by atoms with E-state index in [9.17, 15) is 26.4 Å². The van der Waals surface area contributed by atoms with Crippen molar-refractivity contribution in [1.29, 1.82) is 0 Å². The third kappa shape index (κ3) is 6.64. The molecule has 1 atom stereocenters. The minimum atomic E-state index is -4.37. The first-order valence-electron chi connectivity index (χ1n) is 6.92. The first-order valence-corrected chi connectivity index (χ1v) is 8.74. The molecule has 0 aromatic carbocycles. The Morgan fingerprint density at radius 1 is 1.38 bits per heavy atom. The number of nitrogens with one attached hydrogen (secondary N) is 1. The van der Waals surface area contributed by atoms with E-state index in [-0.39, 0.29) is 11.5 Å². The monoisotopic (exact) mass is 330 g/mol. The van der Waals surface area contributed by atoms with E-state index in [0.717, 1.165) is 6.42 Å². The zero-order chi connectivity index (χ0) is 16.1. The van der Waals surface area contributed by atoms with Gasteiger partial charge in [-0.1, -0.05) is 13.3 Å². The van der Waals surface area contributed by atoms with Gasteiger partial charge < -0.3 is 10.2 Å². The van der Waals surface area contributed by atoms with Crippen molar-refractivity contribution in [2.75, 3.05) is 31.1 Å². The largest absolute Gasteiger partial charge is 0.401 e. The summed E-state index contributed by atoms with van der Waals surface area (Å²) in [4.78, 5) is 13.4. The van der Waals surface area contributed by atoms with Crippen LogP contribution in [-0.2, 0) is 14.6 Å². The number of carbonyl (C=O) groups is 1. The highest BCUT2D eigenvalue weighted by Gasteiger charge is 2.34. The van der Waals surface area contributed by atoms with Crippen LogP contribution in [0.15, 0.2) is 0 Å². The molecule has 124 valence electrons. The van der Waals surface area contributed by atoms with Crippen LogP contribution in [0, 0.1) is 0 Å². The van der Waals surface area contributed by atoms with E-state index >= 15 is 0 Å². The van der Waals surface area contributed by atoms with Gasteiger partial charge >= 0.3 is 6.18 Å². The molecule has 1 unspecified atom stereocenters. The first-order chi connectivity index (χ1) is 9.64. The second-order valence-electron chi connectivity index (χ2n) is 5.22. The Balaban J connectivity index is 2.58. The SMILES string of the molecule is CCCCN(C(=O)CNCC(F)(F)F)C1CCS(=O)(=O)C1. The van der Waals surface area contributed by atoms with Crippen molar-refractivity contribution in [3.63, 3.8) is 0 Å². The minimum Gasteiger partial charge on any atom is -0.338 e. The molecule has 1 saturated heterocycles. The van der Waals surface area contributed by atoms with Crippen molar-refractivity contribution in [1.82, 2.24) is 10.2 Å². The summed E-state index contributed by atoms with van der Waals surface area (Å²) in [5.41, 5.74) is 0. The molecule has 0 bridgehead atoms. The second-order valence-corrected chi connectivity index (χ2v) is 7.44. The summed E-state index contributed by atoms with van der Waals surface area (Å²) in [5, 5.41) is 2.06. The van der Waals surface area contributed by atoms with E-state index in [1.165, 1.54) is 4.90 Å². The Kier molecular flexibility index (Phi) is 6.45. The van der Waals surface area contributed by atoms with E-state index in [2.05, 4.69) is 5.32 Å². The number of sulfone groups is 1. The van der Waals surface area contributed by atoms with Crippen molar-refractivity contribution in [2.45, 2.75) is 38.4 Å². The number of alkyl halides is 3. The molecule has 0 radical (unpaired) electrons. The highest BCUT2D eigenvalue weighted by atomic mass is 32.2. The average molecular weight is 330 g/mol. The van der Waals surface area contributed by atoms with Crippen molar-refractivity contribution < 1.29 is 26.4 Å². The molecule has 0 spiro atoms. The normalized spacial score (nSPS) is 21.4. The first kappa shape index (κ1) is 18.2. The van der Waals surface area contributed by atoms with Gasteiger partial charge in [0.15, 0.2) is 9.84 Å². The number of amides is 1. The smallest absolute Gasteiger partial charge is 0.338 e. The van der Waals surface area contributed by atoms with Crippen LogP contribution in [0.4, 0.5) is 13.2 Å². The molecule has 9 heteroatoms. The minimum absolute atomic E-state index is 0.0313. The maximum absolute atomic E-state index is 12.0. The molecule has 0 aromatic heterocycles. The third-order valence-corrected chi connectivity index (χ3v) is 5.07. The van der Waals surface area contributed by atoms with Crippen LogP contribution in [0.25, 0.3) is 0 Å². The molecule has 1 heterocycles. The number of halogens is 3. The lowest BCUT2D eigenvalue weighted by molar-refractivity contribution is -0.135. The summed E-state index contributed by atoms with van der Waals surface area (Å²) in [6.07, 6.45) is -2.50. The van der Waals surface area contributed by atoms with Crippen LogP contribution in [0.2, 0.25) is 0 Å². The van der Waals surface area contributed by atoms with E-state index in [0.29, 0.717) is 19.4 Å². The van der Waals surface area contributed by atoms with Gasteiger partial charge in [-0.2, -0.15) is 13.2 Å². The van der Waals surface area contributed by atoms with Crippen LogP contribution in [-0.4, -0.2) is 62.6 Å². The molecule has 1 fully saturated rings. The van der Waals surface area contributed by atoms with Gasteiger partial charge in [0.1, 0.15) is 0 Å². The maximum atomic E-state index is 12.0.